The molecule has 1 fully saturated rings. The molecule has 0 radical (unpaired) electrons. The van der Waals surface area contributed by atoms with Gasteiger partial charge in [0.1, 0.15) is 12.1 Å². The second-order valence-corrected chi connectivity index (χ2v) is 8.57. The summed E-state index contributed by atoms with van der Waals surface area (Å²) in [6, 6.07) is 7.78. The minimum absolute atomic E-state index is 0.0337. The molecule has 4 rings (SSSR count). The predicted octanol–water partition coefficient (Wildman–Crippen LogP) is 2.26. The zero-order chi connectivity index (χ0) is 19.0. The van der Waals surface area contributed by atoms with Gasteiger partial charge in [-0.15, -0.1) is 0 Å². The van der Waals surface area contributed by atoms with Crippen molar-refractivity contribution in [2.45, 2.75) is 17.4 Å². The van der Waals surface area contributed by atoms with E-state index in [4.69, 9.17) is 0 Å². The van der Waals surface area contributed by atoms with Crippen molar-refractivity contribution in [1.82, 2.24) is 15.0 Å². The Hall–Kier alpha value is -2.81. The van der Waals surface area contributed by atoms with Crippen LogP contribution < -0.4 is 10.2 Å². The Labute approximate surface area is 156 Å². The van der Waals surface area contributed by atoms with E-state index in [1.54, 1.807) is 24.4 Å². The molecule has 0 amide bonds. The van der Waals surface area contributed by atoms with E-state index >= 15 is 0 Å². The second-order valence-electron chi connectivity index (χ2n) is 6.56. The van der Waals surface area contributed by atoms with Gasteiger partial charge < -0.3 is 10.2 Å². The van der Waals surface area contributed by atoms with E-state index in [0.717, 1.165) is 6.42 Å². The van der Waals surface area contributed by atoms with Gasteiger partial charge in [0, 0.05) is 37.0 Å². The topological polar surface area (TPSA) is 88.1 Å². The highest BCUT2D eigenvalue weighted by molar-refractivity contribution is 7.90. The van der Waals surface area contributed by atoms with Crippen molar-refractivity contribution in [2.75, 3.05) is 29.6 Å². The van der Waals surface area contributed by atoms with Gasteiger partial charge in [0.2, 0.25) is 0 Å². The summed E-state index contributed by atoms with van der Waals surface area (Å²) in [5, 5.41) is 3.99. The highest BCUT2D eigenvalue weighted by Crippen LogP contribution is 2.26. The predicted molar refractivity (Wildman–Crippen MR) is 101 cm³/mol. The van der Waals surface area contributed by atoms with Crippen molar-refractivity contribution in [3.8, 4) is 0 Å². The standard InChI is InChI=1S/C18H18FN5O2S/c1-27(25,26)13-4-5-16-14(9-13)17(22-11-21-16)23-12-6-8-24(10-12)18-15(19)3-2-7-20-18/h2-5,7,9,11-12H,6,8,10H2,1H3,(H,21,22,23)/t12-/m0/s1. The summed E-state index contributed by atoms with van der Waals surface area (Å²) in [5.74, 6) is 0.566. The maximum absolute atomic E-state index is 14.0. The number of nitrogens with one attached hydrogen (secondary N) is 1. The number of nitrogens with zero attached hydrogens (tertiary/aromatic N) is 4. The summed E-state index contributed by atoms with van der Waals surface area (Å²) in [6.45, 7) is 1.24. The van der Waals surface area contributed by atoms with Gasteiger partial charge in [-0.1, -0.05) is 0 Å². The first kappa shape index (κ1) is 17.6. The van der Waals surface area contributed by atoms with Crippen LogP contribution in [0.4, 0.5) is 16.0 Å². The lowest BCUT2D eigenvalue weighted by Crippen LogP contribution is -2.27. The molecule has 140 valence electrons. The third-order valence-corrected chi connectivity index (χ3v) is 5.71. The van der Waals surface area contributed by atoms with Crippen LogP contribution in [0.5, 0.6) is 0 Å². The van der Waals surface area contributed by atoms with Gasteiger partial charge in [-0.2, -0.15) is 0 Å². The Morgan fingerprint density at radius 3 is 2.85 bits per heavy atom. The molecule has 3 heterocycles. The molecule has 1 aliphatic rings. The molecule has 7 nitrogen and oxygen atoms in total. The van der Waals surface area contributed by atoms with Gasteiger partial charge in [-0.3, -0.25) is 0 Å². The van der Waals surface area contributed by atoms with Gasteiger partial charge in [0.05, 0.1) is 10.4 Å². The average molecular weight is 387 g/mol. The molecule has 1 atom stereocenters. The van der Waals surface area contributed by atoms with Crippen LogP contribution in [0, 0.1) is 5.82 Å². The van der Waals surface area contributed by atoms with Crippen LogP contribution >= 0.6 is 0 Å². The Bertz CT molecular complexity index is 1110. The van der Waals surface area contributed by atoms with Gasteiger partial charge in [0.15, 0.2) is 21.5 Å². The molecule has 1 aliphatic heterocycles. The summed E-state index contributed by atoms with van der Waals surface area (Å²) in [7, 11) is -3.33. The number of pyridine rings is 1. The molecule has 0 unspecified atom stereocenters. The third-order valence-electron chi connectivity index (χ3n) is 4.60. The van der Waals surface area contributed by atoms with Gasteiger partial charge in [-0.05, 0) is 36.8 Å². The number of rotatable bonds is 4. The lowest BCUT2D eigenvalue weighted by atomic mass is 10.2. The normalized spacial score (nSPS) is 17.4. The van der Waals surface area contributed by atoms with E-state index in [0.29, 0.717) is 35.6 Å². The molecular formula is C18H18FN5O2S. The fourth-order valence-corrected chi connectivity index (χ4v) is 3.90. The van der Waals surface area contributed by atoms with E-state index in [1.165, 1.54) is 24.7 Å². The van der Waals surface area contributed by atoms with Crippen LogP contribution in [0.15, 0.2) is 47.8 Å². The molecule has 0 aliphatic carbocycles. The largest absolute Gasteiger partial charge is 0.365 e. The Morgan fingerprint density at radius 1 is 1.22 bits per heavy atom. The first-order valence-electron chi connectivity index (χ1n) is 8.48. The molecular weight excluding hydrogens is 369 g/mol. The maximum atomic E-state index is 14.0. The maximum Gasteiger partial charge on any atom is 0.175 e. The van der Waals surface area contributed by atoms with Crippen LogP contribution in [-0.2, 0) is 9.84 Å². The monoisotopic (exact) mass is 387 g/mol. The highest BCUT2D eigenvalue weighted by atomic mass is 32.2. The first-order valence-corrected chi connectivity index (χ1v) is 10.4. The quantitative estimate of drug-likeness (QED) is 0.735. The van der Waals surface area contributed by atoms with Crippen molar-refractivity contribution in [1.29, 1.82) is 0 Å². The van der Waals surface area contributed by atoms with Crippen molar-refractivity contribution in [3.05, 3.63) is 48.7 Å². The number of halogens is 1. The highest BCUT2D eigenvalue weighted by Gasteiger charge is 2.26. The van der Waals surface area contributed by atoms with E-state index < -0.39 is 9.84 Å². The van der Waals surface area contributed by atoms with E-state index in [1.807, 2.05) is 4.90 Å². The van der Waals surface area contributed by atoms with Crippen LogP contribution in [0.3, 0.4) is 0 Å². The molecule has 2 aromatic heterocycles. The minimum Gasteiger partial charge on any atom is -0.365 e. The lowest BCUT2D eigenvalue weighted by Gasteiger charge is -2.19. The van der Waals surface area contributed by atoms with Crippen molar-refractivity contribution in [2.24, 2.45) is 0 Å². The summed E-state index contributed by atoms with van der Waals surface area (Å²) >= 11 is 0. The number of sulfone groups is 1. The Balaban J connectivity index is 1.60. The molecule has 1 saturated heterocycles. The molecule has 27 heavy (non-hydrogen) atoms. The number of anilines is 2. The second kappa shape index (κ2) is 6.73. The van der Waals surface area contributed by atoms with Crippen LogP contribution in [0.1, 0.15) is 6.42 Å². The molecule has 0 bridgehead atoms. The van der Waals surface area contributed by atoms with Crippen LogP contribution in [0.2, 0.25) is 0 Å². The fraction of sp³-hybridized carbons (Fsp3) is 0.278. The van der Waals surface area contributed by atoms with Crippen molar-refractivity contribution >= 4 is 32.4 Å². The van der Waals surface area contributed by atoms with E-state index in [9.17, 15) is 12.8 Å². The molecule has 3 aromatic rings. The zero-order valence-electron chi connectivity index (χ0n) is 14.6. The molecule has 1 N–H and O–H groups in total. The number of aromatic nitrogens is 3. The fourth-order valence-electron chi connectivity index (χ4n) is 3.26. The van der Waals surface area contributed by atoms with Crippen molar-refractivity contribution in [3.63, 3.8) is 0 Å². The molecule has 1 aromatic carbocycles. The SMILES string of the molecule is CS(=O)(=O)c1ccc2ncnc(N[C@H]3CCN(c4ncccc4F)C3)c2c1. The third kappa shape index (κ3) is 3.55. The van der Waals surface area contributed by atoms with Gasteiger partial charge in [-0.25, -0.2) is 27.8 Å². The minimum atomic E-state index is -3.33. The van der Waals surface area contributed by atoms with Crippen molar-refractivity contribution < 1.29 is 12.8 Å². The van der Waals surface area contributed by atoms with Crippen LogP contribution in [-0.4, -0.2) is 48.8 Å². The summed E-state index contributed by atoms with van der Waals surface area (Å²) in [4.78, 5) is 14.7. The number of hydrogen-bond acceptors (Lipinski definition) is 7. The summed E-state index contributed by atoms with van der Waals surface area (Å²) < 4.78 is 37.7. The first-order chi connectivity index (χ1) is 12.9. The van der Waals surface area contributed by atoms with E-state index in [-0.39, 0.29) is 16.8 Å². The smallest absolute Gasteiger partial charge is 0.175 e. The number of hydrogen-bond donors (Lipinski definition) is 1. The number of fused-ring (bicyclic) bond motifs is 1. The van der Waals surface area contributed by atoms with Gasteiger partial charge in [0.25, 0.3) is 0 Å². The average Bonchev–Trinajstić information content (AvgIpc) is 3.09. The summed E-state index contributed by atoms with van der Waals surface area (Å²) in [6.07, 6.45) is 4.97. The number of benzene rings is 1. The van der Waals surface area contributed by atoms with Crippen LogP contribution in [0.25, 0.3) is 10.9 Å². The van der Waals surface area contributed by atoms with Gasteiger partial charge >= 0.3 is 0 Å². The van der Waals surface area contributed by atoms with E-state index in [2.05, 4.69) is 20.3 Å². The Kier molecular flexibility index (Phi) is 4.39. The Morgan fingerprint density at radius 2 is 2.07 bits per heavy atom. The lowest BCUT2D eigenvalue weighted by molar-refractivity contribution is 0.602. The molecule has 0 spiro atoms. The zero-order valence-corrected chi connectivity index (χ0v) is 15.4. The summed E-state index contributed by atoms with van der Waals surface area (Å²) in [5.41, 5.74) is 0.658. The molecule has 9 heteroatoms. The molecule has 0 saturated carbocycles.